The summed E-state index contributed by atoms with van der Waals surface area (Å²) in [4.78, 5) is 73.4. The average Bonchev–Trinajstić information content (AvgIpc) is 2.91. The average molecular weight is 388 g/mol. The number of ether oxygens (including phenoxy) is 1. The largest absolute Gasteiger partial charge is 0.481 e. The minimum absolute atomic E-state index is 0.0212. The van der Waals surface area contributed by atoms with E-state index in [2.05, 4.69) is 0 Å². The zero-order valence-corrected chi connectivity index (χ0v) is 14.6. The number of amides is 4. The van der Waals surface area contributed by atoms with Gasteiger partial charge < -0.3 is 9.84 Å². The van der Waals surface area contributed by atoms with E-state index in [-0.39, 0.29) is 24.0 Å². The van der Waals surface area contributed by atoms with E-state index in [0.29, 0.717) is 4.90 Å². The lowest BCUT2D eigenvalue weighted by molar-refractivity contribution is -0.164. The molecule has 2 heterocycles. The molecule has 10 nitrogen and oxygen atoms in total. The van der Waals surface area contributed by atoms with Gasteiger partial charge in [-0.3, -0.25) is 33.7 Å². The normalized spacial score (nSPS) is 19.1. The van der Waals surface area contributed by atoms with Crippen molar-refractivity contribution in [2.75, 3.05) is 6.73 Å². The molecule has 1 unspecified atom stereocenters. The maximum absolute atomic E-state index is 12.7. The zero-order chi connectivity index (χ0) is 20.4. The maximum atomic E-state index is 12.7. The van der Waals surface area contributed by atoms with E-state index in [0.717, 1.165) is 4.90 Å². The SMILES string of the molecule is O=C(O)CCC(=O)OCN1C(=O)CCC(N2C(=O)c3ccccc3C2=O)C1=O. The Kier molecular flexibility index (Phi) is 5.21. The van der Waals surface area contributed by atoms with Crippen LogP contribution in [0.3, 0.4) is 0 Å². The number of imide groups is 2. The first-order valence-corrected chi connectivity index (χ1v) is 8.49. The van der Waals surface area contributed by atoms with Crippen molar-refractivity contribution >= 4 is 35.6 Å². The molecule has 4 amide bonds. The second-order valence-corrected chi connectivity index (χ2v) is 6.28. The molecule has 10 heteroatoms. The van der Waals surface area contributed by atoms with E-state index < -0.39 is 61.2 Å². The smallest absolute Gasteiger partial charge is 0.308 e. The Bertz CT molecular complexity index is 858. The maximum Gasteiger partial charge on any atom is 0.308 e. The van der Waals surface area contributed by atoms with Gasteiger partial charge in [-0.15, -0.1) is 0 Å². The predicted octanol–water partition coefficient (Wildman–Crippen LogP) is 0.166. The van der Waals surface area contributed by atoms with Gasteiger partial charge in [-0.2, -0.15) is 0 Å². The van der Waals surface area contributed by atoms with Gasteiger partial charge in [0.1, 0.15) is 6.04 Å². The standard InChI is InChI=1S/C18H16N2O8/c21-13-6-5-12(18(27)19(13)9-28-15(24)8-7-14(22)23)20-16(25)10-3-1-2-4-11(10)17(20)26/h1-4,12H,5-9H2,(H,22,23). The Morgan fingerprint density at radius 1 is 1.04 bits per heavy atom. The minimum Gasteiger partial charge on any atom is -0.481 e. The van der Waals surface area contributed by atoms with Crippen molar-refractivity contribution in [3.63, 3.8) is 0 Å². The number of likely N-dealkylation sites (tertiary alicyclic amines) is 1. The fourth-order valence-electron chi connectivity index (χ4n) is 3.11. The fourth-order valence-corrected chi connectivity index (χ4v) is 3.11. The molecule has 0 aliphatic carbocycles. The lowest BCUT2D eigenvalue weighted by Crippen LogP contribution is -2.56. The van der Waals surface area contributed by atoms with Crippen molar-refractivity contribution in [3.8, 4) is 0 Å². The number of fused-ring (bicyclic) bond motifs is 1. The molecule has 1 saturated heterocycles. The number of piperidine rings is 1. The number of hydrogen-bond acceptors (Lipinski definition) is 7. The number of carboxylic acids is 1. The van der Waals surface area contributed by atoms with Gasteiger partial charge >= 0.3 is 11.9 Å². The molecule has 0 saturated carbocycles. The first kappa shape index (κ1) is 19.2. The molecule has 1 N–H and O–H groups in total. The van der Waals surface area contributed by atoms with Crippen LogP contribution in [-0.4, -0.2) is 63.2 Å². The highest BCUT2D eigenvalue weighted by Gasteiger charge is 2.47. The Labute approximate surface area is 158 Å². The van der Waals surface area contributed by atoms with Crippen molar-refractivity contribution < 1.29 is 38.6 Å². The third-order valence-corrected chi connectivity index (χ3v) is 4.52. The van der Waals surface area contributed by atoms with Crippen molar-refractivity contribution in [2.45, 2.75) is 31.7 Å². The molecule has 0 radical (unpaired) electrons. The summed E-state index contributed by atoms with van der Waals surface area (Å²) in [5.74, 6) is -4.74. The molecular weight excluding hydrogens is 372 g/mol. The van der Waals surface area contributed by atoms with Gasteiger partial charge in [-0.05, 0) is 18.6 Å². The number of benzene rings is 1. The van der Waals surface area contributed by atoms with E-state index in [1.54, 1.807) is 12.1 Å². The van der Waals surface area contributed by atoms with Gasteiger partial charge in [0.05, 0.1) is 24.0 Å². The van der Waals surface area contributed by atoms with Crippen LogP contribution in [0.4, 0.5) is 0 Å². The number of hydrogen-bond donors (Lipinski definition) is 1. The van der Waals surface area contributed by atoms with E-state index in [1.165, 1.54) is 12.1 Å². The number of carbonyl (C=O) groups excluding carboxylic acids is 5. The molecular formula is C18H16N2O8. The van der Waals surface area contributed by atoms with Crippen LogP contribution in [0.2, 0.25) is 0 Å². The number of nitrogens with zero attached hydrogens (tertiary/aromatic N) is 2. The van der Waals surface area contributed by atoms with E-state index in [1.807, 2.05) is 0 Å². The van der Waals surface area contributed by atoms with Crippen molar-refractivity contribution in [2.24, 2.45) is 0 Å². The summed E-state index contributed by atoms with van der Waals surface area (Å²) in [7, 11) is 0. The molecule has 1 aromatic rings. The quantitative estimate of drug-likeness (QED) is 0.537. The summed E-state index contributed by atoms with van der Waals surface area (Å²) in [6, 6.07) is 4.99. The second kappa shape index (κ2) is 7.59. The van der Waals surface area contributed by atoms with Gasteiger partial charge in [-0.1, -0.05) is 12.1 Å². The summed E-state index contributed by atoms with van der Waals surface area (Å²) in [6.45, 7) is -0.699. The molecule has 0 spiro atoms. The summed E-state index contributed by atoms with van der Waals surface area (Å²) < 4.78 is 4.79. The highest BCUT2D eigenvalue weighted by atomic mass is 16.5. The van der Waals surface area contributed by atoms with Crippen LogP contribution < -0.4 is 0 Å². The zero-order valence-electron chi connectivity index (χ0n) is 14.6. The molecule has 2 aliphatic heterocycles. The van der Waals surface area contributed by atoms with Gasteiger partial charge in [0.15, 0.2) is 6.73 Å². The fraction of sp³-hybridized carbons (Fsp3) is 0.333. The van der Waals surface area contributed by atoms with Gasteiger partial charge in [0, 0.05) is 6.42 Å². The molecule has 1 fully saturated rings. The molecule has 3 rings (SSSR count). The molecule has 28 heavy (non-hydrogen) atoms. The Hall–Kier alpha value is -3.56. The van der Waals surface area contributed by atoms with Crippen molar-refractivity contribution in [1.29, 1.82) is 0 Å². The number of aliphatic carboxylic acids is 1. The lowest BCUT2D eigenvalue weighted by atomic mass is 10.0. The van der Waals surface area contributed by atoms with Crippen LogP contribution in [-0.2, 0) is 23.9 Å². The Morgan fingerprint density at radius 2 is 1.64 bits per heavy atom. The minimum atomic E-state index is -1.19. The lowest BCUT2D eigenvalue weighted by Gasteiger charge is -2.33. The van der Waals surface area contributed by atoms with Crippen LogP contribution in [0.1, 0.15) is 46.4 Å². The summed E-state index contributed by atoms with van der Waals surface area (Å²) in [5.41, 5.74) is 0.368. The monoisotopic (exact) mass is 388 g/mol. The predicted molar refractivity (Wildman–Crippen MR) is 89.6 cm³/mol. The second-order valence-electron chi connectivity index (χ2n) is 6.28. The molecule has 0 aromatic heterocycles. The summed E-state index contributed by atoms with van der Waals surface area (Å²) in [6.07, 6.45) is -0.991. The topological polar surface area (TPSA) is 138 Å². The number of carboxylic acid groups (broad SMARTS) is 1. The first-order chi connectivity index (χ1) is 13.3. The van der Waals surface area contributed by atoms with Gasteiger partial charge in [-0.25, -0.2) is 4.90 Å². The van der Waals surface area contributed by atoms with E-state index in [9.17, 15) is 28.8 Å². The highest BCUT2D eigenvalue weighted by Crippen LogP contribution is 2.28. The van der Waals surface area contributed by atoms with Crippen LogP contribution in [0.5, 0.6) is 0 Å². The van der Waals surface area contributed by atoms with E-state index >= 15 is 0 Å². The van der Waals surface area contributed by atoms with E-state index in [4.69, 9.17) is 9.84 Å². The molecule has 1 atom stereocenters. The van der Waals surface area contributed by atoms with Crippen molar-refractivity contribution in [3.05, 3.63) is 35.4 Å². The van der Waals surface area contributed by atoms with Gasteiger partial charge in [0.2, 0.25) is 5.91 Å². The number of rotatable bonds is 6. The van der Waals surface area contributed by atoms with Crippen LogP contribution in [0, 0.1) is 0 Å². The summed E-state index contributed by atoms with van der Waals surface area (Å²) >= 11 is 0. The van der Waals surface area contributed by atoms with Crippen LogP contribution in [0.25, 0.3) is 0 Å². The van der Waals surface area contributed by atoms with Crippen LogP contribution >= 0.6 is 0 Å². The Morgan fingerprint density at radius 3 is 2.21 bits per heavy atom. The highest BCUT2D eigenvalue weighted by molar-refractivity contribution is 6.23. The van der Waals surface area contributed by atoms with Gasteiger partial charge in [0.25, 0.3) is 17.7 Å². The third kappa shape index (κ3) is 3.48. The summed E-state index contributed by atoms with van der Waals surface area (Å²) in [5, 5.41) is 8.55. The Balaban J connectivity index is 1.71. The molecule has 1 aromatic carbocycles. The first-order valence-electron chi connectivity index (χ1n) is 8.49. The molecule has 146 valence electrons. The molecule has 0 bridgehead atoms. The van der Waals surface area contributed by atoms with Crippen LogP contribution in [0.15, 0.2) is 24.3 Å². The van der Waals surface area contributed by atoms with Crippen molar-refractivity contribution in [1.82, 2.24) is 9.80 Å². The number of carbonyl (C=O) groups is 6. The third-order valence-electron chi connectivity index (χ3n) is 4.52. The molecule has 2 aliphatic rings. The number of esters is 1.